The van der Waals surface area contributed by atoms with Gasteiger partial charge >= 0.3 is 0 Å². The van der Waals surface area contributed by atoms with Gasteiger partial charge in [0.1, 0.15) is 12.4 Å². The average molecular weight is 402 g/mol. The van der Waals surface area contributed by atoms with Crippen molar-refractivity contribution in [2.24, 2.45) is 5.41 Å². The predicted octanol–water partition coefficient (Wildman–Crippen LogP) is 4.78. The molecule has 4 nitrogen and oxygen atoms in total. The Morgan fingerprint density at radius 1 is 1.14 bits per heavy atom. The van der Waals surface area contributed by atoms with E-state index in [0.717, 1.165) is 57.4 Å². The second-order valence-corrected chi connectivity index (χ2v) is 9.06. The third kappa shape index (κ3) is 3.70. The molecule has 0 unspecified atom stereocenters. The third-order valence-electron chi connectivity index (χ3n) is 7.67. The van der Waals surface area contributed by atoms with E-state index in [-0.39, 0.29) is 16.9 Å². The number of benzene rings is 1. The van der Waals surface area contributed by atoms with Gasteiger partial charge in [-0.2, -0.15) is 0 Å². The number of methoxy groups -OCH3 is 1. The fourth-order valence-electron chi connectivity index (χ4n) is 5.32. The number of likely N-dealkylation sites (tertiary alicyclic amines) is 1. The number of amides is 1. The van der Waals surface area contributed by atoms with Gasteiger partial charge in [0, 0.05) is 25.6 Å². The molecule has 1 heterocycles. The van der Waals surface area contributed by atoms with E-state index >= 15 is 0 Å². The van der Waals surface area contributed by atoms with E-state index in [1.165, 1.54) is 5.56 Å². The van der Waals surface area contributed by atoms with Crippen molar-refractivity contribution < 1.29 is 18.7 Å². The molecule has 1 aromatic rings. The summed E-state index contributed by atoms with van der Waals surface area (Å²) < 4.78 is 23.7. The Kier molecular flexibility index (Phi) is 5.69. The molecule has 0 spiro atoms. The minimum atomic E-state index is -0.140. The van der Waals surface area contributed by atoms with Crippen molar-refractivity contribution >= 4 is 5.91 Å². The summed E-state index contributed by atoms with van der Waals surface area (Å²) in [7, 11) is 1.72. The van der Waals surface area contributed by atoms with Crippen LogP contribution in [-0.4, -0.2) is 43.7 Å². The summed E-state index contributed by atoms with van der Waals surface area (Å²) in [6.07, 6.45) is 7.69. The number of halogens is 1. The van der Waals surface area contributed by atoms with Crippen LogP contribution in [0.15, 0.2) is 36.2 Å². The van der Waals surface area contributed by atoms with Crippen molar-refractivity contribution in [2.75, 3.05) is 26.8 Å². The molecule has 0 N–H and O–H groups in total. The normalized spacial score (nSPS) is 29.6. The lowest BCUT2D eigenvalue weighted by atomic mass is 9.51. The minimum Gasteiger partial charge on any atom is -0.489 e. The summed E-state index contributed by atoms with van der Waals surface area (Å²) >= 11 is 0. The Labute approximate surface area is 173 Å². The number of fused-ring (bicyclic) bond motifs is 3. The number of hydrogen-bond acceptors (Lipinski definition) is 3. The van der Waals surface area contributed by atoms with Gasteiger partial charge in [-0.3, -0.25) is 4.79 Å². The van der Waals surface area contributed by atoms with Gasteiger partial charge in [-0.05, 0) is 73.6 Å². The van der Waals surface area contributed by atoms with Crippen molar-refractivity contribution in [1.82, 2.24) is 4.90 Å². The van der Waals surface area contributed by atoms with Crippen molar-refractivity contribution in [3.05, 3.63) is 41.7 Å². The minimum absolute atomic E-state index is 0.140. The Morgan fingerprint density at radius 3 is 2.28 bits per heavy atom. The van der Waals surface area contributed by atoms with Crippen LogP contribution in [-0.2, 0) is 14.9 Å². The Hall–Kier alpha value is -1.88. The molecule has 4 aliphatic rings. The fraction of sp³-hybridized carbons (Fsp3) is 0.625. The highest BCUT2D eigenvalue weighted by atomic mass is 19.1. The molecule has 5 rings (SSSR count). The molecule has 1 amide bonds. The van der Waals surface area contributed by atoms with Gasteiger partial charge in [0.15, 0.2) is 0 Å². The van der Waals surface area contributed by atoms with Gasteiger partial charge in [0.25, 0.3) is 0 Å². The number of nitrogens with zero attached hydrogens (tertiary/aromatic N) is 1. The fourth-order valence-corrected chi connectivity index (χ4v) is 5.32. The number of carbonyl (C=O) groups is 1. The second-order valence-electron chi connectivity index (χ2n) is 9.06. The molecule has 1 aromatic carbocycles. The molecule has 3 saturated carbocycles. The van der Waals surface area contributed by atoms with Gasteiger partial charge in [-0.1, -0.05) is 19.1 Å². The molecule has 2 bridgehead atoms. The number of hydrogen-bond donors (Lipinski definition) is 0. The highest BCUT2D eigenvalue weighted by molar-refractivity contribution is 5.84. The maximum absolute atomic E-state index is 13.1. The summed E-state index contributed by atoms with van der Waals surface area (Å²) in [5.41, 5.74) is 2.06. The van der Waals surface area contributed by atoms with E-state index in [1.807, 2.05) is 24.0 Å². The molecule has 0 atom stereocenters. The first kappa shape index (κ1) is 20.4. The van der Waals surface area contributed by atoms with Crippen LogP contribution in [0.1, 0.15) is 57.4 Å². The monoisotopic (exact) mass is 401 g/mol. The molecule has 0 aromatic heterocycles. The van der Waals surface area contributed by atoms with E-state index in [4.69, 9.17) is 9.47 Å². The van der Waals surface area contributed by atoms with Crippen LogP contribution in [0.4, 0.5) is 4.39 Å². The summed E-state index contributed by atoms with van der Waals surface area (Å²) in [6, 6.07) is 8.34. The lowest BCUT2D eigenvalue weighted by Crippen LogP contribution is -2.61. The van der Waals surface area contributed by atoms with Crippen LogP contribution < -0.4 is 4.74 Å². The first-order valence-corrected chi connectivity index (χ1v) is 10.9. The molecule has 0 radical (unpaired) electrons. The highest BCUT2D eigenvalue weighted by Gasteiger charge is 2.54. The predicted molar refractivity (Wildman–Crippen MR) is 111 cm³/mol. The summed E-state index contributed by atoms with van der Waals surface area (Å²) in [5.74, 6) is 1.13. The Balaban J connectivity index is 1.37. The van der Waals surface area contributed by atoms with Crippen LogP contribution in [0.25, 0.3) is 0 Å². The van der Waals surface area contributed by atoms with E-state index < -0.39 is 0 Å². The summed E-state index contributed by atoms with van der Waals surface area (Å²) in [4.78, 5) is 15.1. The molecule has 1 aliphatic heterocycles. The van der Waals surface area contributed by atoms with Gasteiger partial charge in [-0.25, -0.2) is 4.39 Å². The topological polar surface area (TPSA) is 38.8 Å². The van der Waals surface area contributed by atoms with Crippen molar-refractivity contribution in [3.63, 3.8) is 0 Å². The molecular formula is C24H32FNO3. The van der Waals surface area contributed by atoms with E-state index in [1.54, 1.807) is 7.11 Å². The second kappa shape index (κ2) is 8.10. The maximum atomic E-state index is 13.1. The zero-order valence-corrected chi connectivity index (χ0v) is 17.6. The molecule has 29 heavy (non-hydrogen) atoms. The first-order chi connectivity index (χ1) is 14.0. The smallest absolute Gasteiger partial charge is 0.228 e. The van der Waals surface area contributed by atoms with Crippen LogP contribution in [0, 0.1) is 5.41 Å². The molecule has 4 fully saturated rings. The van der Waals surface area contributed by atoms with Crippen LogP contribution in [0.3, 0.4) is 0 Å². The van der Waals surface area contributed by atoms with E-state index in [9.17, 15) is 9.18 Å². The standard InChI is InChI=1S/C24H32FNO3/c1-3-18(14-25)17-29-20-6-4-19(5-7-20)23-8-11-24(12-9-23,13-10-23)22(27)26-15-21(16-26)28-2/h4-7,14,21H,3,8-13,15-17H2,1-2H3/b18-14+. The number of ether oxygens (including phenoxy) is 2. The number of rotatable bonds is 7. The molecule has 3 aliphatic carbocycles. The van der Waals surface area contributed by atoms with E-state index in [0.29, 0.717) is 30.8 Å². The maximum Gasteiger partial charge on any atom is 0.228 e. The van der Waals surface area contributed by atoms with E-state index in [2.05, 4.69) is 12.1 Å². The molecule has 158 valence electrons. The number of carbonyl (C=O) groups excluding carboxylic acids is 1. The van der Waals surface area contributed by atoms with Crippen molar-refractivity contribution in [3.8, 4) is 5.75 Å². The first-order valence-electron chi connectivity index (χ1n) is 10.9. The lowest BCUT2D eigenvalue weighted by molar-refractivity contribution is -0.161. The molecule has 1 saturated heterocycles. The van der Waals surface area contributed by atoms with Gasteiger partial charge in [-0.15, -0.1) is 0 Å². The highest BCUT2D eigenvalue weighted by Crippen LogP contribution is 2.58. The SMILES string of the molecule is CC/C(=C\F)COc1ccc(C23CCC(C(=O)N4CC(OC)C4)(CC2)CC3)cc1. The zero-order chi connectivity index (χ0) is 20.5. The zero-order valence-electron chi connectivity index (χ0n) is 17.6. The summed E-state index contributed by atoms with van der Waals surface area (Å²) in [6.45, 7) is 3.72. The van der Waals surface area contributed by atoms with Gasteiger partial charge in [0.05, 0.1) is 12.4 Å². The van der Waals surface area contributed by atoms with Gasteiger partial charge < -0.3 is 14.4 Å². The largest absolute Gasteiger partial charge is 0.489 e. The van der Waals surface area contributed by atoms with Crippen molar-refractivity contribution in [2.45, 2.75) is 63.4 Å². The Morgan fingerprint density at radius 2 is 1.76 bits per heavy atom. The lowest BCUT2D eigenvalue weighted by Gasteiger charge is -2.55. The van der Waals surface area contributed by atoms with Crippen molar-refractivity contribution in [1.29, 1.82) is 0 Å². The Bertz CT molecular complexity index is 742. The van der Waals surface area contributed by atoms with Gasteiger partial charge in [0.2, 0.25) is 5.91 Å². The van der Waals surface area contributed by atoms with Crippen LogP contribution >= 0.6 is 0 Å². The third-order valence-corrected chi connectivity index (χ3v) is 7.67. The van der Waals surface area contributed by atoms with Crippen LogP contribution in [0.5, 0.6) is 5.75 Å². The average Bonchev–Trinajstić information content (AvgIpc) is 2.75. The quantitative estimate of drug-likeness (QED) is 0.660. The van der Waals surface area contributed by atoms with Crippen LogP contribution in [0.2, 0.25) is 0 Å². The summed E-state index contributed by atoms with van der Waals surface area (Å²) in [5, 5.41) is 0. The molecule has 5 heteroatoms. The molecular weight excluding hydrogens is 369 g/mol.